The van der Waals surface area contributed by atoms with Crippen molar-refractivity contribution < 1.29 is 9.90 Å². The van der Waals surface area contributed by atoms with E-state index in [1.165, 1.54) is 0 Å². The quantitative estimate of drug-likeness (QED) is 0.874. The van der Waals surface area contributed by atoms with Crippen LogP contribution in [-0.2, 0) is 6.54 Å². The lowest BCUT2D eigenvalue weighted by Crippen LogP contribution is -2.42. The lowest BCUT2D eigenvalue weighted by atomic mass is 10.4. The Hall–Kier alpha value is -0.590. The largest absolute Gasteiger partial charge is 0.395 e. The van der Waals surface area contributed by atoms with E-state index < -0.39 is 0 Å². The second-order valence-electron chi connectivity index (χ2n) is 4.01. The third-order valence-electron chi connectivity index (χ3n) is 2.63. The number of halogens is 1. The first-order valence-electron chi connectivity index (χ1n) is 5.60. The molecular formula is C11H15BrN2O2S. The summed E-state index contributed by atoms with van der Waals surface area (Å²) in [5.74, 6) is 0. The van der Waals surface area contributed by atoms with E-state index in [0.29, 0.717) is 19.1 Å². The molecule has 0 atom stereocenters. The summed E-state index contributed by atoms with van der Waals surface area (Å²) in [5, 5.41) is 11.8. The minimum atomic E-state index is -0.0777. The molecule has 2 N–H and O–H groups in total. The van der Waals surface area contributed by atoms with Crippen molar-refractivity contribution in [1.29, 1.82) is 0 Å². The van der Waals surface area contributed by atoms with Gasteiger partial charge in [0.15, 0.2) is 0 Å². The van der Waals surface area contributed by atoms with Gasteiger partial charge in [0.2, 0.25) is 0 Å². The van der Waals surface area contributed by atoms with Crippen LogP contribution in [0.1, 0.15) is 17.7 Å². The summed E-state index contributed by atoms with van der Waals surface area (Å²) in [6, 6.07) is 4.21. The van der Waals surface area contributed by atoms with E-state index in [-0.39, 0.29) is 12.6 Å². The number of thiophene rings is 1. The number of urea groups is 1. The predicted octanol–water partition coefficient (Wildman–Crippen LogP) is 2.18. The molecule has 0 aromatic carbocycles. The lowest BCUT2D eigenvalue weighted by Gasteiger charge is -2.21. The Morgan fingerprint density at radius 3 is 2.88 bits per heavy atom. The first-order chi connectivity index (χ1) is 8.20. The lowest BCUT2D eigenvalue weighted by molar-refractivity contribution is 0.173. The highest BCUT2D eigenvalue weighted by atomic mass is 79.9. The molecule has 94 valence electrons. The van der Waals surface area contributed by atoms with Crippen LogP contribution >= 0.6 is 27.3 Å². The molecule has 0 saturated heterocycles. The molecule has 1 fully saturated rings. The van der Waals surface area contributed by atoms with Crippen LogP contribution in [0.4, 0.5) is 4.79 Å². The SMILES string of the molecule is O=C(NCc1ccc(Br)s1)N(CCO)C1CC1. The molecule has 4 nitrogen and oxygen atoms in total. The molecule has 6 heteroatoms. The van der Waals surface area contributed by atoms with Crippen LogP contribution in [0.25, 0.3) is 0 Å². The molecular weight excluding hydrogens is 304 g/mol. The van der Waals surface area contributed by atoms with E-state index in [1.54, 1.807) is 16.2 Å². The monoisotopic (exact) mass is 318 g/mol. The number of aliphatic hydroxyl groups excluding tert-OH is 1. The van der Waals surface area contributed by atoms with Gasteiger partial charge in [-0.25, -0.2) is 4.79 Å². The van der Waals surface area contributed by atoms with Crippen LogP contribution in [0.15, 0.2) is 15.9 Å². The van der Waals surface area contributed by atoms with Gasteiger partial charge in [-0.1, -0.05) is 0 Å². The van der Waals surface area contributed by atoms with Crippen molar-refractivity contribution in [1.82, 2.24) is 10.2 Å². The maximum Gasteiger partial charge on any atom is 0.318 e. The first-order valence-corrected chi connectivity index (χ1v) is 7.21. The average Bonchev–Trinajstić information content (AvgIpc) is 3.06. The predicted molar refractivity (Wildman–Crippen MR) is 71.1 cm³/mol. The number of carbonyl (C=O) groups excluding carboxylic acids is 1. The molecule has 0 unspecified atom stereocenters. The Morgan fingerprint density at radius 2 is 2.35 bits per heavy atom. The molecule has 0 radical (unpaired) electrons. The number of hydrogen-bond acceptors (Lipinski definition) is 3. The Balaban J connectivity index is 1.82. The molecule has 1 aliphatic carbocycles. The van der Waals surface area contributed by atoms with Gasteiger partial charge < -0.3 is 15.3 Å². The molecule has 0 aliphatic heterocycles. The van der Waals surface area contributed by atoms with Gasteiger partial charge in [-0.2, -0.15) is 0 Å². The summed E-state index contributed by atoms with van der Waals surface area (Å²) in [6.45, 7) is 0.989. The van der Waals surface area contributed by atoms with E-state index >= 15 is 0 Å². The van der Waals surface area contributed by atoms with Crippen LogP contribution in [0.5, 0.6) is 0 Å². The minimum absolute atomic E-state index is 0.0223. The zero-order valence-electron chi connectivity index (χ0n) is 9.36. The number of carbonyl (C=O) groups is 1. The summed E-state index contributed by atoms with van der Waals surface area (Å²) in [7, 11) is 0. The normalized spacial score (nSPS) is 14.7. The van der Waals surface area contributed by atoms with Gasteiger partial charge >= 0.3 is 6.03 Å². The highest BCUT2D eigenvalue weighted by Gasteiger charge is 2.31. The molecule has 0 spiro atoms. The molecule has 1 aliphatic rings. The highest BCUT2D eigenvalue weighted by molar-refractivity contribution is 9.11. The maximum atomic E-state index is 11.9. The topological polar surface area (TPSA) is 52.6 Å². The molecule has 2 amide bonds. The molecule has 1 saturated carbocycles. The second-order valence-corrected chi connectivity index (χ2v) is 6.56. The smallest absolute Gasteiger partial charge is 0.318 e. The third-order valence-corrected chi connectivity index (χ3v) is 4.26. The number of hydrogen-bond donors (Lipinski definition) is 2. The second kappa shape index (κ2) is 5.84. The van der Waals surface area contributed by atoms with Crippen molar-refractivity contribution >= 4 is 33.3 Å². The van der Waals surface area contributed by atoms with Gasteiger partial charge in [-0.05, 0) is 40.9 Å². The Kier molecular flexibility index (Phi) is 4.42. The fourth-order valence-electron chi connectivity index (χ4n) is 1.65. The molecule has 1 aromatic rings. The van der Waals surface area contributed by atoms with Gasteiger partial charge in [0.25, 0.3) is 0 Å². The summed E-state index contributed by atoms with van der Waals surface area (Å²) in [4.78, 5) is 14.7. The maximum absolute atomic E-state index is 11.9. The fourth-order valence-corrected chi connectivity index (χ4v) is 3.08. The van der Waals surface area contributed by atoms with Crippen molar-refractivity contribution in [2.75, 3.05) is 13.2 Å². The van der Waals surface area contributed by atoms with Crippen molar-refractivity contribution in [3.63, 3.8) is 0 Å². The summed E-state index contributed by atoms with van der Waals surface area (Å²) in [5.41, 5.74) is 0. The third kappa shape index (κ3) is 3.69. The van der Waals surface area contributed by atoms with Gasteiger partial charge in [-0.3, -0.25) is 0 Å². The number of aliphatic hydroxyl groups is 1. The number of amides is 2. The van der Waals surface area contributed by atoms with Crippen molar-refractivity contribution in [3.05, 3.63) is 20.8 Å². The van der Waals surface area contributed by atoms with Crippen molar-refractivity contribution in [3.8, 4) is 0 Å². The Morgan fingerprint density at radius 1 is 1.59 bits per heavy atom. The van der Waals surface area contributed by atoms with Gasteiger partial charge in [0.05, 0.1) is 16.9 Å². The fraction of sp³-hybridized carbons (Fsp3) is 0.545. The minimum Gasteiger partial charge on any atom is -0.395 e. The van der Waals surface area contributed by atoms with Gasteiger partial charge in [0, 0.05) is 17.5 Å². The first kappa shape index (κ1) is 12.9. The summed E-state index contributed by atoms with van der Waals surface area (Å²) < 4.78 is 1.07. The van der Waals surface area contributed by atoms with Gasteiger partial charge in [0.1, 0.15) is 0 Å². The molecule has 0 bridgehead atoms. The Bertz CT molecular complexity index is 393. The van der Waals surface area contributed by atoms with E-state index in [1.807, 2.05) is 12.1 Å². The highest BCUT2D eigenvalue weighted by Crippen LogP contribution is 2.26. The summed E-state index contributed by atoms with van der Waals surface area (Å²) >= 11 is 5.00. The van der Waals surface area contributed by atoms with E-state index in [2.05, 4.69) is 21.2 Å². The molecule has 1 aromatic heterocycles. The van der Waals surface area contributed by atoms with Crippen molar-refractivity contribution in [2.24, 2.45) is 0 Å². The average molecular weight is 319 g/mol. The van der Waals surface area contributed by atoms with Crippen LogP contribution in [0, 0.1) is 0 Å². The molecule has 2 rings (SSSR count). The summed E-state index contributed by atoms with van der Waals surface area (Å²) in [6.07, 6.45) is 2.11. The number of nitrogens with zero attached hydrogens (tertiary/aromatic N) is 1. The zero-order valence-corrected chi connectivity index (χ0v) is 11.8. The van der Waals surface area contributed by atoms with Crippen LogP contribution in [-0.4, -0.2) is 35.2 Å². The number of rotatable bonds is 5. The van der Waals surface area contributed by atoms with Crippen LogP contribution < -0.4 is 5.32 Å². The van der Waals surface area contributed by atoms with Crippen LogP contribution in [0.2, 0.25) is 0 Å². The Labute approximate surface area is 113 Å². The van der Waals surface area contributed by atoms with E-state index in [0.717, 1.165) is 21.5 Å². The standard InChI is InChI=1S/C11H15BrN2O2S/c12-10-4-3-9(17-10)7-13-11(16)14(5-6-15)8-1-2-8/h3-4,8,15H,1-2,5-7H2,(H,13,16). The van der Waals surface area contributed by atoms with E-state index in [9.17, 15) is 4.79 Å². The molecule has 17 heavy (non-hydrogen) atoms. The van der Waals surface area contributed by atoms with E-state index in [4.69, 9.17) is 5.11 Å². The zero-order chi connectivity index (χ0) is 12.3. The van der Waals surface area contributed by atoms with Crippen LogP contribution in [0.3, 0.4) is 0 Å². The number of nitrogens with one attached hydrogen (secondary N) is 1. The molecule has 1 heterocycles. The van der Waals surface area contributed by atoms with Gasteiger partial charge in [-0.15, -0.1) is 11.3 Å². The van der Waals surface area contributed by atoms with Crippen molar-refractivity contribution in [2.45, 2.75) is 25.4 Å².